The molecule has 22 heavy (non-hydrogen) atoms. The predicted octanol–water partition coefficient (Wildman–Crippen LogP) is 4.70. The molecule has 1 fully saturated rings. The standard InChI is InChI=1S/C15H17Cl2N3O2/c16-10-6-7-12(17)13(8-10)21-9-14-19-20-15(22-14)18-11-4-2-1-3-5-11/h6-8,11H,1-5,9H2,(H,18,20). The third-order valence-electron chi connectivity index (χ3n) is 3.64. The van der Waals surface area contributed by atoms with E-state index in [0.717, 1.165) is 12.8 Å². The summed E-state index contributed by atoms with van der Waals surface area (Å²) in [5, 5.41) is 12.3. The van der Waals surface area contributed by atoms with Crippen LogP contribution >= 0.6 is 23.2 Å². The van der Waals surface area contributed by atoms with E-state index in [1.807, 2.05) is 0 Å². The smallest absolute Gasteiger partial charge is 0.315 e. The average Bonchev–Trinajstić information content (AvgIpc) is 2.97. The van der Waals surface area contributed by atoms with Gasteiger partial charge in [-0.15, -0.1) is 5.10 Å². The molecule has 3 rings (SSSR count). The molecular formula is C15H17Cl2N3O2. The van der Waals surface area contributed by atoms with Gasteiger partial charge < -0.3 is 14.5 Å². The molecule has 0 unspecified atom stereocenters. The van der Waals surface area contributed by atoms with E-state index in [1.54, 1.807) is 18.2 Å². The quantitative estimate of drug-likeness (QED) is 0.853. The number of nitrogens with one attached hydrogen (secondary N) is 1. The summed E-state index contributed by atoms with van der Waals surface area (Å²) in [4.78, 5) is 0. The fourth-order valence-electron chi connectivity index (χ4n) is 2.52. The van der Waals surface area contributed by atoms with Crippen LogP contribution in [0.4, 0.5) is 6.01 Å². The van der Waals surface area contributed by atoms with Crippen LogP contribution in [0.3, 0.4) is 0 Å². The maximum Gasteiger partial charge on any atom is 0.315 e. The SMILES string of the molecule is Clc1ccc(Cl)c(OCc2nnc(NC3CCCCC3)o2)c1. The van der Waals surface area contributed by atoms with Crippen molar-refractivity contribution >= 4 is 29.2 Å². The predicted molar refractivity (Wildman–Crippen MR) is 85.6 cm³/mol. The molecule has 118 valence electrons. The third kappa shape index (κ3) is 4.05. The van der Waals surface area contributed by atoms with Gasteiger partial charge in [0.25, 0.3) is 5.89 Å². The molecule has 1 saturated carbocycles. The Kier molecular flexibility index (Phi) is 5.05. The van der Waals surface area contributed by atoms with E-state index in [0.29, 0.717) is 33.7 Å². The molecule has 0 spiro atoms. The first-order valence-corrected chi connectivity index (χ1v) is 8.13. The minimum absolute atomic E-state index is 0.152. The Labute approximate surface area is 139 Å². The van der Waals surface area contributed by atoms with Crippen LogP contribution < -0.4 is 10.1 Å². The van der Waals surface area contributed by atoms with E-state index in [2.05, 4.69) is 15.5 Å². The first-order valence-electron chi connectivity index (χ1n) is 7.37. The molecule has 1 aromatic heterocycles. The fourth-order valence-corrected chi connectivity index (χ4v) is 2.85. The molecule has 0 amide bonds. The molecule has 0 radical (unpaired) electrons. The van der Waals surface area contributed by atoms with Gasteiger partial charge >= 0.3 is 6.01 Å². The Hall–Kier alpha value is -1.46. The second-order valence-electron chi connectivity index (χ2n) is 5.34. The number of halogens is 2. The van der Waals surface area contributed by atoms with E-state index < -0.39 is 0 Å². The van der Waals surface area contributed by atoms with Gasteiger partial charge in [0.1, 0.15) is 5.75 Å². The minimum Gasteiger partial charge on any atom is -0.482 e. The molecule has 1 heterocycles. The number of ether oxygens (including phenoxy) is 1. The summed E-state index contributed by atoms with van der Waals surface area (Å²) in [5.41, 5.74) is 0. The molecule has 0 saturated heterocycles. The van der Waals surface area contributed by atoms with Gasteiger partial charge in [-0.3, -0.25) is 0 Å². The van der Waals surface area contributed by atoms with Crippen LogP contribution in [-0.2, 0) is 6.61 Å². The van der Waals surface area contributed by atoms with Gasteiger partial charge in [0.05, 0.1) is 5.02 Å². The van der Waals surface area contributed by atoms with Crippen molar-refractivity contribution < 1.29 is 9.15 Å². The van der Waals surface area contributed by atoms with Crippen molar-refractivity contribution in [1.82, 2.24) is 10.2 Å². The summed E-state index contributed by atoms with van der Waals surface area (Å²) >= 11 is 11.9. The van der Waals surface area contributed by atoms with Crippen LogP contribution in [-0.4, -0.2) is 16.2 Å². The van der Waals surface area contributed by atoms with Crippen molar-refractivity contribution in [2.75, 3.05) is 5.32 Å². The van der Waals surface area contributed by atoms with Crippen molar-refractivity contribution in [3.05, 3.63) is 34.1 Å². The summed E-state index contributed by atoms with van der Waals surface area (Å²) < 4.78 is 11.1. The van der Waals surface area contributed by atoms with E-state index >= 15 is 0 Å². The Morgan fingerprint density at radius 3 is 2.82 bits per heavy atom. The van der Waals surface area contributed by atoms with Gasteiger partial charge in [-0.2, -0.15) is 0 Å². The largest absolute Gasteiger partial charge is 0.482 e. The van der Waals surface area contributed by atoms with Gasteiger partial charge in [0, 0.05) is 17.1 Å². The molecule has 2 aromatic rings. The third-order valence-corrected chi connectivity index (χ3v) is 4.19. The molecule has 7 heteroatoms. The van der Waals surface area contributed by atoms with E-state index in [4.69, 9.17) is 32.4 Å². The zero-order valence-corrected chi connectivity index (χ0v) is 13.5. The van der Waals surface area contributed by atoms with Crippen LogP contribution in [0.5, 0.6) is 5.75 Å². The molecule has 1 aliphatic carbocycles. The minimum atomic E-state index is 0.152. The Bertz CT molecular complexity index is 627. The normalized spacial score (nSPS) is 15.7. The van der Waals surface area contributed by atoms with Crippen LogP contribution in [0.25, 0.3) is 0 Å². The highest BCUT2D eigenvalue weighted by atomic mass is 35.5. The van der Waals surface area contributed by atoms with E-state index in [-0.39, 0.29) is 6.61 Å². The Morgan fingerprint density at radius 1 is 1.18 bits per heavy atom. The van der Waals surface area contributed by atoms with Crippen molar-refractivity contribution in [2.24, 2.45) is 0 Å². The highest BCUT2D eigenvalue weighted by Gasteiger charge is 2.16. The molecule has 0 aliphatic heterocycles. The molecule has 1 aromatic carbocycles. The van der Waals surface area contributed by atoms with Crippen molar-refractivity contribution in [2.45, 2.75) is 44.8 Å². The number of aromatic nitrogens is 2. The number of nitrogens with zero attached hydrogens (tertiary/aromatic N) is 2. The second kappa shape index (κ2) is 7.20. The maximum atomic E-state index is 6.03. The molecule has 0 atom stereocenters. The average molecular weight is 342 g/mol. The highest BCUT2D eigenvalue weighted by Crippen LogP contribution is 2.28. The van der Waals surface area contributed by atoms with Crippen molar-refractivity contribution in [3.8, 4) is 5.75 Å². The lowest BCUT2D eigenvalue weighted by Crippen LogP contribution is -2.22. The van der Waals surface area contributed by atoms with Crippen LogP contribution in [0.2, 0.25) is 10.0 Å². The van der Waals surface area contributed by atoms with E-state index in [9.17, 15) is 0 Å². The summed E-state index contributed by atoms with van der Waals surface area (Å²) in [6, 6.07) is 5.91. The van der Waals surface area contributed by atoms with Gasteiger partial charge in [-0.25, -0.2) is 0 Å². The zero-order valence-electron chi connectivity index (χ0n) is 12.0. The topological polar surface area (TPSA) is 60.2 Å². The van der Waals surface area contributed by atoms with Crippen LogP contribution in [0.1, 0.15) is 38.0 Å². The van der Waals surface area contributed by atoms with Crippen LogP contribution in [0.15, 0.2) is 22.6 Å². The first-order chi connectivity index (χ1) is 10.7. The lowest BCUT2D eigenvalue weighted by Gasteiger charge is -2.21. The Morgan fingerprint density at radius 2 is 2.00 bits per heavy atom. The lowest BCUT2D eigenvalue weighted by atomic mass is 9.96. The van der Waals surface area contributed by atoms with Gasteiger partial charge in [0.2, 0.25) is 0 Å². The monoisotopic (exact) mass is 341 g/mol. The number of anilines is 1. The fraction of sp³-hybridized carbons (Fsp3) is 0.467. The molecule has 1 aliphatic rings. The zero-order chi connectivity index (χ0) is 15.4. The van der Waals surface area contributed by atoms with Gasteiger partial charge in [0.15, 0.2) is 6.61 Å². The second-order valence-corrected chi connectivity index (χ2v) is 6.19. The summed E-state index contributed by atoms with van der Waals surface area (Å²) in [7, 11) is 0. The number of hydrogen-bond donors (Lipinski definition) is 1. The summed E-state index contributed by atoms with van der Waals surface area (Å²) in [6.45, 7) is 0.152. The Balaban J connectivity index is 1.56. The summed E-state index contributed by atoms with van der Waals surface area (Å²) in [6.07, 6.45) is 6.09. The molecule has 0 bridgehead atoms. The van der Waals surface area contributed by atoms with Gasteiger partial charge in [-0.1, -0.05) is 47.6 Å². The molecule has 5 nitrogen and oxygen atoms in total. The van der Waals surface area contributed by atoms with Gasteiger partial charge in [-0.05, 0) is 25.0 Å². The number of benzene rings is 1. The number of rotatable bonds is 5. The maximum absolute atomic E-state index is 6.03. The first kappa shape index (κ1) is 15.4. The highest BCUT2D eigenvalue weighted by molar-refractivity contribution is 6.34. The van der Waals surface area contributed by atoms with Crippen molar-refractivity contribution in [1.29, 1.82) is 0 Å². The lowest BCUT2D eigenvalue weighted by molar-refractivity contribution is 0.264. The van der Waals surface area contributed by atoms with Crippen LogP contribution in [0, 0.1) is 0 Å². The summed E-state index contributed by atoms with van der Waals surface area (Å²) in [5.74, 6) is 0.892. The number of hydrogen-bond acceptors (Lipinski definition) is 5. The molecular weight excluding hydrogens is 325 g/mol. The molecule has 1 N–H and O–H groups in total. The van der Waals surface area contributed by atoms with Crippen molar-refractivity contribution in [3.63, 3.8) is 0 Å². The van der Waals surface area contributed by atoms with E-state index in [1.165, 1.54) is 19.3 Å².